The average molecular weight is 383 g/mol. The maximum Gasteiger partial charge on any atom is 0.253 e. The van der Waals surface area contributed by atoms with Gasteiger partial charge in [-0.3, -0.25) is 9.59 Å². The van der Waals surface area contributed by atoms with E-state index in [0.717, 1.165) is 6.54 Å². The average Bonchev–Trinajstić information content (AvgIpc) is 2.51. The normalized spacial score (nSPS) is 17.1. The first kappa shape index (κ1) is 20.0. The second-order valence-electron chi connectivity index (χ2n) is 4.93. The summed E-state index contributed by atoms with van der Waals surface area (Å²) >= 11 is 11.7. The molecule has 128 valence electrons. The van der Waals surface area contributed by atoms with Gasteiger partial charge in [0.1, 0.15) is 6.10 Å². The Labute approximate surface area is 150 Å². The molecular formula is C14H18Cl3N3O3. The predicted molar refractivity (Wildman–Crippen MR) is 92.6 cm³/mol. The SMILES string of the molecule is CN(CC(=O)Nc1ccc(Cl)c(Cl)c1)C(=O)C1CNCCO1.Cl. The lowest BCUT2D eigenvalue weighted by molar-refractivity contribution is -0.145. The van der Waals surface area contributed by atoms with Crippen molar-refractivity contribution in [1.82, 2.24) is 10.2 Å². The Bertz CT molecular complexity index is 565. The second-order valence-corrected chi connectivity index (χ2v) is 5.75. The molecule has 6 nitrogen and oxygen atoms in total. The zero-order chi connectivity index (χ0) is 16.1. The van der Waals surface area contributed by atoms with Crippen molar-refractivity contribution in [2.75, 3.05) is 38.6 Å². The number of nitrogens with one attached hydrogen (secondary N) is 2. The van der Waals surface area contributed by atoms with E-state index in [1.807, 2.05) is 0 Å². The second kappa shape index (κ2) is 9.30. The fourth-order valence-electron chi connectivity index (χ4n) is 2.04. The van der Waals surface area contributed by atoms with Gasteiger partial charge in [-0.15, -0.1) is 12.4 Å². The number of hydrogen-bond donors (Lipinski definition) is 2. The zero-order valence-electron chi connectivity index (χ0n) is 12.5. The fourth-order valence-corrected chi connectivity index (χ4v) is 2.34. The summed E-state index contributed by atoms with van der Waals surface area (Å²) in [6.45, 7) is 1.60. The van der Waals surface area contributed by atoms with Crippen LogP contribution in [-0.2, 0) is 14.3 Å². The molecule has 0 spiro atoms. The number of hydrogen-bond acceptors (Lipinski definition) is 4. The minimum atomic E-state index is -0.545. The number of amides is 2. The van der Waals surface area contributed by atoms with Crippen molar-refractivity contribution in [3.8, 4) is 0 Å². The number of halogens is 3. The number of carbonyl (C=O) groups is 2. The molecule has 0 aromatic heterocycles. The number of benzene rings is 1. The quantitative estimate of drug-likeness (QED) is 0.833. The van der Waals surface area contributed by atoms with Crippen LogP contribution in [0.4, 0.5) is 5.69 Å². The van der Waals surface area contributed by atoms with Crippen molar-refractivity contribution in [2.24, 2.45) is 0 Å². The van der Waals surface area contributed by atoms with Crippen LogP contribution in [0.5, 0.6) is 0 Å². The van der Waals surface area contributed by atoms with Gasteiger partial charge < -0.3 is 20.3 Å². The van der Waals surface area contributed by atoms with E-state index in [4.69, 9.17) is 27.9 Å². The standard InChI is InChI=1S/C14H17Cl2N3O3.ClH/c1-19(14(21)12-7-17-4-5-22-12)8-13(20)18-9-2-3-10(15)11(16)6-9;/h2-3,6,12,17H,4-5,7-8H2,1H3,(H,18,20);1H. The topological polar surface area (TPSA) is 70.7 Å². The van der Waals surface area contributed by atoms with Crippen LogP contribution in [-0.4, -0.2) is 56.1 Å². The van der Waals surface area contributed by atoms with Crippen LogP contribution in [0.2, 0.25) is 10.0 Å². The molecule has 1 aliphatic rings. The molecule has 0 saturated carbocycles. The Morgan fingerprint density at radius 2 is 2.13 bits per heavy atom. The lowest BCUT2D eigenvalue weighted by Gasteiger charge is -2.27. The number of morpholine rings is 1. The molecule has 0 aliphatic carbocycles. The van der Waals surface area contributed by atoms with Crippen molar-refractivity contribution in [3.05, 3.63) is 28.2 Å². The van der Waals surface area contributed by atoms with E-state index in [-0.39, 0.29) is 30.8 Å². The molecule has 2 N–H and O–H groups in total. The van der Waals surface area contributed by atoms with E-state index < -0.39 is 6.10 Å². The monoisotopic (exact) mass is 381 g/mol. The number of rotatable bonds is 4. The molecule has 1 saturated heterocycles. The Kier molecular flexibility index (Phi) is 8.08. The summed E-state index contributed by atoms with van der Waals surface area (Å²) in [5.41, 5.74) is 0.524. The van der Waals surface area contributed by atoms with E-state index in [2.05, 4.69) is 10.6 Å². The smallest absolute Gasteiger partial charge is 0.253 e. The number of nitrogens with zero attached hydrogens (tertiary/aromatic N) is 1. The van der Waals surface area contributed by atoms with Crippen LogP contribution in [0, 0.1) is 0 Å². The number of anilines is 1. The molecule has 1 aromatic rings. The first-order chi connectivity index (χ1) is 10.5. The molecule has 1 heterocycles. The van der Waals surface area contributed by atoms with Gasteiger partial charge in [-0.1, -0.05) is 23.2 Å². The number of likely N-dealkylation sites (N-methyl/N-ethyl adjacent to an activating group) is 1. The third-order valence-corrected chi connectivity index (χ3v) is 3.90. The third-order valence-electron chi connectivity index (χ3n) is 3.16. The molecule has 9 heteroatoms. The van der Waals surface area contributed by atoms with Crippen LogP contribution in [0.1, 0.15) is 0 Å². The summed E-state index contributed by atoms with van der Waals surface area (Å²) in [5, 5.41) is 6.50. The van der Waals surface area contributed by atoms with Crippen LogP contribution in [0.15, 0.2) is 18.2 Å². The van der Waals surface area contributed by atoms with Crippen molar-refractivity contribution in [1.29, 1.82) is 0 Å². The molecule has 0 bridgehead atoms. The molecule has 0 radical (unpaired) electrons. The lowest BCUT2D eigenvalue weighted by atomic mass is 10.2. The molecule has 1 atom stereocenters. The van der Waals surface area contributed by atoms with Crippen molar-refractivity contribution in [2.45, 2.75) is 6.10 Å². The van der Waals surface area contributed by atoms with E-state index in [1.54, 1.807) is 25.2 Å². The summed E-state index contributed by atoms with van der Waals surface area (Å²) in [5.74, 6) is -0.547. The van der Waals surface area contributed by atoms with E-state index in [1.165, 1.54) is 4.90 Å². The van der Waals surface area contributed by atoms with Gasteiger partial charge in [0, 0.05) is 25.8 Å². The Morgan fingerprint density at radius 3 is 2.74 bits per heavy atom. The van der Waals surface area contributed by atoms with Gasteiger partial charge in [0.15, 0.2) is 0 Å². The molecule has 1 aromatic carbocycles. The number of carbonyl (C=O) groups excluding carboxylic acids is 2. The molecule has 1 unspecified atom stereocenters. The van der Waals surface area contributed by atoms with E-state index in [0.29, 0.717) is 28.9 Å². The number of ether oxygens (including phenoxy) is 1. The molecule has 1 aliphatic heterocycles. The van der Waals surface area contributed by atoms with Crippen LogP contribution in [0.25, 0.3) is 0 Å². The van der Waals surface area contributed by atoms with Gasteiger partial charge >= 0.3 is 0 Å². The highest BCUT2D eigenvalue weighted by atomic mass is 35.5. The summed E-state index contributed by atoms with van der Waals surface area (Å²) in [6.07, 6.45) is -0.545. The van der Waals surface area contributed by atoms with Crippen LogP contribution in [0.3, 0.4) is 0 Å². The molecule has 1 fully saturated rings. The minimum Gasteiger partial charge on any atom is -0.366 e. The van der Waals surface area contributed by atoms with Gasteiger partial charge in [-0.2, -0.15) is 0 Å². The van der Waals surface area contributed by atoms with Crippen molar-refractivity contribution in [3.63, 3.8) is 0 Å². The Morgan fingerprint density at radius 1 is 1.39 bits per heavy atom. The van der Waals surface area contributed by atoms with Crippen molar-refractivity contribution >= 4 is 53.1 Å². The summed E-state index contributed by atoms with van der Waals surface area (Å²) in [4.78, 5) is 25.4. The third kappa shape index (κ3) is 5.82. The largest absolute Gasteiger partial charge is 0.366 e. The predicted octanol–water partition coefficient (Wildman–Crippen LogP) is 1.80. The Hall–Kier alpha value is -1.05. The van der Waals surface area contributed by atoms with Crippen LogP contribution < -0.4 is 10.6 Å². The summed E-state index contributed by atoms with van der Waals surface area (Å²) < 4.78 is 5.37. The van der Waals surface area contributed by atoms with E-state index >= 15 is 0 Å². The molecule has 2 amide bonds. The maximum absolute atomic E-state index is 12.1. The lowest BCUT2D eigenvalue weighted by Crippen LogP contribution is -2.49. The molecule has 2 rings (SSSR count). The first-order valence-electron chi connectivity index (χ1n) is 6.79. The fraction of sp³-hybridized carbons (Fsp3) is 0.429. The molecule has 23 heavy (non-hydrogen) atoms. The highest BCUT2D eigenvalue weighted by molar-refractivity contribution is 6.42. The van der Waals surface area contributed by atoms with E-state index in [9.17, 15) is 9.59 Å². The highest BCUT2D eigenvalue weighted by Crippen LogP contribution is 2.24. The van der Waals surface area contributed by atoms with Crippen LogP contribution >= 0.6 is 35.6 Å². The molecular weight excluding hydrogens is 365 g/mol. The van der Waals surface area contributed by atoms with Gasteiger partial charge in [0.05, 0.1) is 23.2 Å². The maximum atomic E-state index is 12.1. The highest BCUT2D eigenvalue weighted by Gasteiger charge is 2.25. The summed E-state index contributed by atoms with van der Waals surface area (Å²) in [6, 6.07) is 4.79. The van der Waals surface area contributed by atoms with Gasteiger partial charge in [0.25, 0.3) is 5.91 Å². The minimum absolute atomic E-state index is 0. The summed E-state index contributed by atoms with van der Waals surface area (Å²) in [7, 11) is 1.56. The van der Waals surface area contributed by atoms with Gasteiger partial charge in [-0.05, 0) is 18.2 Å². The first-order valence-corrected chi connectivity index (χ1v) is 7.55. The Balaban J connectivity index is 0.00000264. The van der Waals surface area contributed by atoms with Gasteiger partial charge in [-0.25, -0.2) is 0 Å². The zero-order valence-corrected chi connectivity index (χ0v) is 14.8. The van der Waals surface area contributed by atoms with Gasteiger partial charge in [0.2, 0.25) is 5.91 Å². The van der Waals surface area contributed by atoms with Crippen molar-refractivity contribution < 1.29 is 14.3 Å².